The smallest absolute Gasteiger partial charge is 0.416 e. The Balaban J connectivity index is 0.000000735. The fourth-order valence-electron chi connectivity index (χ4n) is 1.93. The van der Waals surface area contributed by atoms with E-state index in [1.165, 1.54) is 18.4 Å². The van der Waals surface area contributed by atoms with E-state index in [0.717, 1.165) is 16.6 Å². The number of hydrogen-bond donors (Lipinski definition) is 0. The first kappa shape index (κ1) is 24.5. The van der Waals surface area contributed by atoms with Crippen LogP contribution in [0, 0.1) is 0 Å². The number of oxazole rings is 1. The molecule has 5 nitrogen and oxygen atoms in total. The predicted molar refractivity (Wildman–Crippen MR) is 112 cm³/mol. The Morgan fingerprint density at radius 1 is 1.07 bits per heavy atom. The zero-order valence-electron chi connectivity index (χ0n) is 14.8. The second-order valence-electron chi connectivity index (χ2n) is 5.35. The first-order valence-corrected chi connectivity index (χ1v) is 10.1. The van der Waals surface area contributed by atoms with E-state index in [2.05, 4.69) is 30.9 Å². The lowest BCUT2D eigenvalue weighted by Gasteiger charge is -2.05. The monoisotopic (exact) mass is 543 g/mol. The van der Waals surface area contributed by atoms with Crippen LogP contribution < -0.4 is 4.74 Å². The normalized spacial score (nSPS) is 11.5. The van der Waals surface area contributed by atoms with Crippen LogP contribution >= 0.6 is 50.7 Å². The molecule has 0 atom stereocenters. The average molecular weight is 546 g/mol. The second-order valence-corrected chi connectivity index (χ2v) is 8.25. The summed E-state index contributed by atoms with van der Waals surface area (Å²) in [5.74, 6) is 0.306. The Morgan fingerprint density at radius 3 is 2.23 bits per heavy atom. The highest BCUT2D eigenvalue weighted by atomic mass is 79.9. The molecule has 30 heavy (non-hydrogen) atoms. The van der Waals surface area contributed by atoms with Crippen LogP contribution in [0.3, 0.4) is 0 Å². The molecule has 0 radical (unpaired) electrons. The van der Waals surface area contributed by atoms with Crippen LogP contribution in [0.1, 0.15) is 22.7 Å². The maximum absolute atomic E-state index is 12.5. The Hall–Kier alpha value is -1.81. The number of hydrogen-bond acceptors (Lipinski definition) is 5. The molecule has 0 N–H and O–H groups in total. The minimum atomic E-state index is -4.35. The number of aromatic nitrogens is 3. The highest BCUT2D eigenvalue weighted by Crippen LogP contribution is 2.29. The predicted octanol–water partition coefficient (Wildman–Crippen LogP) is 6.98. The number of rotatable bonds is 5. The average Bonchev–Trinajstić information content (AvgIpc) is 3.13. The molecule has 0 spiro atoms. The van der Waals surface area contributed by atoms with E-state index < -0.39 is 16.0 Å². The van der Waals surface area contributed by atoms with Crippen LogP contribution in [-0.4, -0.2) is 19.2 Å². The van der Waals surface area contributed by atoms with Gasteiger partial charge in [0.25, 0.3) is 0 Å². The van der Waals surface area contributed by atoms with Crippen LogP contribution in [0.5, 0.6) is 6.01 Å². The molecule has 12 heteroatoms. The number of ether oxygens (including phenoxy) is 1. The van der Waals surface area contributed by atoms with Crippen LogP contribution in [0.25, 0.3) is 12.2 Å². The summed E-state index contributed by atoms with van der Waals surface area (Å²) in [6.45, 7) is 0.124. The minimum Gasteiger partial charge on any atom is -0.457 e. The van der Waals surface area contributed by atoms with Crippen LogP contribution in [0.4, 0.5) is 13.2 Å². The summed E-state index contributed by atoms with van der Waals surface area (Å²) in [6.07, 6.45) is 3.35. The standard InChI is InChI=1S/C17H11BrF3N3O2.CHCl3/c18-13-7-22-16(23-8-13)26-10-14-9-25-15(24-14)6-3-11-1-4-12(5-2-11)17(19,20)21;2-1(3)4/h1-9H,10H2;1H/b6-3+;. The summed E-state index contributed by atoms with van der Waals surface area (Å²) < 4.78 is 48.2. The Labute approximate surface area is 193 Å². The summed E-state index contributed by atoms with van der Waals surface area (Å²) in [4.78, 5) is 12.1. The van der Waals surface area contributed by atoms with Gasteiger partial charge in [0.05, 0.1) is 10.0 Å². The van der Waals surface area contributed by atoms with E-state index in [0.29, 0.717) is 17.1 Å². The largest absolute Gasteiger partial charge is 0.457 e. The summed E-state index contributed by atoms with van der Waals surface area (Å²) >= 11 is 17.6. The number of alkyl halides is 6. The van der Waals surface area contributed by atoms with Crippen molar-refractivity contribution in [1.29, 1.82) is 0 Å². The van der Waals surface area contributed by atoms with Crippen molar-refractivity contribution in [3.05, 3.63) is 70.1 Å². The third-order valence-electron chi connectivity index (χ3n) is 3.17. The Bertz CT molecular complexity index is 947. The Kier molecular flexibility index (Phi) is 9.41. The van der Waals surface area contributed by atoms with Crippen molar-refractivity contribution in [1.82, 2.24) is 15.0 Å². The molecule has 0 saturated heterocycles. The molecule has 0 saturated carbocycles. The van der Waals surface area contributed by atoms with Crippen LogP contribution in [-0.2, 0) is 12.8 Å². The van der Waals surface area contributed by atoms with Crippen molar-refractivity contribution >= 4 is 62.9 Å². The zero-order chi connectivity index (χ0) is 22.1. The van der Waals surface area contributed by atoms with E-state index in [9.17, 15) is 13.2 Å². The van der Waals surface area contributed by atoms with Gasteiger partial charge in [-0.25, -0.2) is 15.0 Å². The molecule has 3 aromatic rings. The van der Waals surface area contributed by atoms with Gasteiger partial charge in [-0.05, 0) is 39.7 Å². The molecule has 2 aromatic heterocycles. The van der Waals surface area contributed by atoms with Gasteiger partial charge in [-0.3, -0.25) is 0 Å². The van der Waals surface area contributed by atoms with Gasteiger partial charge in [0.1, 0.15) is 18.6 Å². The van der Waals surface area contributed by atoms with Crippen molar-refractivity contribution in [3.63, 3.8) is 0 Å². The molecule has 0 aliphatic rings. The number of benzene rings is 1. The van der Waals surface area contributed by atoms with Gasteiger partial charge in [-0.2, -0.15) is 13.2 Å². The molecular weight excluding hydrogens is 533 g/mol. The maximum Gasteiger partial charge on any atom is 0.416 e. The number of nitrogens with zero attached hydrogens (tertiary/aromatic N) is 3. The summed E-state index contributed by atoms with van der Waals surface area (Å²) in [6, 6.07) is 4.99. The molecule has 0 fully saturated rings. The number of halogens is 7. The molecule has 2 heterocycles. The third kappa shape index (κ3) is 8.91. The van der Waals surface area contributed by atoms with E-state index in [1.54, 1.807) is 24.5 Å². The van der Waals surface area contributed by atoms with Crippen LogP contribution in [0.2, 0.25) is 0 Å². The lowest BCUT2D eigenvalue weighted by atomic mass is 10.1. The highest BCUT2D eigenvalue weighted by molar-refractivity contribution is 9.10. The molecule has 1 aromatic carbocycles. The molecule has 3 rings (SSSR count). The van der Waals surface area contributed by atoms with E-state index >= 15 is 0 Å². The molecular formula is C18H12BrCl3F3N3O2. The van der Waals surface area contributed by atoms with E-state index in [1.807, 2.05) is 0 Å². The third-order valence-corrected chi connectivity index (χ3v) is 3.58. The van der Waals surface area contributed by atoms with Crippen LogP contribution in [0.15, 0.2) is 51.8 Å². The van der Waals surface area contributed by atoms with Crippen molar-refractivity contribution in [3.8, 4) is 6.01 Å². The van der Waals surface area contributed by atoms with E-state index in [-0.39, 0.29) is 12.6 Å². The van der Waals surface area contributed by atoms with Gasteiger partial charge < -0.3 is 9.15 Å². The molecule has 0 aliphatic heterocycles. The van der Waals surface area contributed by atoms with Gasteiger partial charge in [0.2, 0.25) is 5.89 Å². The summed E-state index contributed by atoms with van der Waals surface area (Å²) in [5.41, 5.74) is 0.432. The molecule has 160 valence electrons. The lowest BCUT2D eigenvalue weighted by Crippen LogP contribution is -2.03. The molecule has 0 amide bonds. The van der Waals surface area contributed by atoms with Gasteiger partial charge in [0.15, 0.2) is 4.30 Å². The zero-order valence-corrected chi connectivity index (χ0v) is 18.6. The lowest BCUT2D eigenvalue weighted by molar-refractivity contribution is -0.137. The van der Waals surface area contributed by atoms with Crippen molar-refractivity contribution < 1.29 is 22.3 Å². The topological polar surface area (TPSA) is 61.0 Å². The maximum atomic E-state index is 12.5. The fourth-order valence-corrected chi connectivity index (χ4v) is 2.13. The highest BCUT2D eigenvalue weighted by Gasteiger charge is 2.29. The minimum absolute atomic E-state index is 0.124. The van der Waals surface area contributed by atoms with Gasteiger partial charge in [-0.1, -0.05) is 46.9 Å². The summed E-state index contributed by atoms with van der Waals surface area (Å²) in [7, 11) is 0. The quantitative estimate of drug-likeness (QED) is 0.324. The molecule has 0 bridgehead atoms. The van der Waals surface area contributed by atoms with Crippen molar-refractivity contribution in [2.75, 3.05) is 0 Å². The molecule has 0 unspecified atom stereocenters. The molecule has 0 aliphatic carbocycles. The first-order valence-electron chi connectivity index (χ1n) is 7.96. The SMILES string of the molecule is ClC(Cl)Cl.FC(F)(F)c1ccc(/C=C/c2nc(COc3ncc(Br)cn3)co2)cc1. The van der Waals surface area contributed by atoms with Crippen molar-refractivity contribution in [2.45, 2.75) is 17.1 Å². The van der Waals surface area contributed by atoms with Gasteiger partial charge in [0, 0.05) is 18.5 Å². The van der Waals surface area contributed by atoms with Gasteiger partial charge >= 0.3 is 12.2 Å². The first-order chi connectivity index (χ1) is 14.1. The fraction of sp³-hybridized carbons (Fsp3) is 0.167. The van der Waals surface area contributed by atoms with E-state index in [4.69, 9.17) is 44.0 Å². The summed E-state index contributed by atoms with van der Waals surface area (Å²) in [5, 5.41) is 0. The Morgan fingerprint density at radius 2 is 1.67 bits per heavy atom. The second kappa shape index (κ2) is 11.5. The van der Waals surface area contributed by atoms with Gasteiger partial charge in [-0.15, -0.1) is 0 Å². The van der Waals surface area contributed by atoms with Crippen molar-refractivity contribution in [2.24, 2.45) is 0 Å².